The lowest BCUT2D eigenvalue weighted by Gasteiger charge is -2.13. The van der Waals surface area contributed by atoms with E-state index < -0.39 is 27.1 Å². The molecule has 0 bridgehead atoms. The summed E-state index contributed by atoms with van der Waals surface area (Å²) in [7, 11) is 1.37. The summed E-state index contributed by atoms with van der Waals surface area (Å²) >= 11 is 0.777. The number of rotatable bonds is 8. The second-order valence-electron chi connectivity index (χ2n) is 6.48. The zero-order valence-corrected chi connectivity index (χ0v) is 17.8. The lowest BCUT2D eigenvalue weighted by molar-refractivity contribution is -0.394. The van der Waals surface area contributed by atoms with Gasteiger partial charge in [-0.05, 0) is 36.4 Å². The van der Waals surface area contributed by atoms with Crippen LogP contribution in [0.25, 0.3) is 6.08 Å². The molecule has 0 N–H and O–H groups in total. The van der Waals surface area contributed by atoms with E-state index in [0.29, 0.717) is 18.5 Å². The van der Waals surface area contributed by atoms with Crippen LogP contribution in [0, 0.1) is 20.2 Å². The van der Waals surface area contributed by atoms with Crippen molar-refractivity contribution in [3.8, 4) is 17.2 Å². The lowest BCUT2D eigenvalue weighted by Crippen LogP contribution is -2.28. The van der Waals surface area contributed by atoms with Gasteiger partial charge in [-0.1, -0.05) is 19.1 Å². The van der Waals surface area contributed by atoms with Crippen LogP contribution in [0.1, 0.15) is 18.9 Å². The molecule has 12 heteroatoms. The van der Waals surface area contributed by atoms with E-state index in [9.17, 15) is 29.8 Å². The van der Waals surface area contributed by atoms with Crippen molar-refractivity contribution < 1.29 is 28.9 Å². The molecule has 2 aromatic rings. The number of methoxy groups -OCH3 is 1. The van der Waals surface area contributed by atoms with Gasteiger partial charge < -0.3 is 9.47 Å². The zero-order valence-electron chi connectivity index (χ0n) is 17.0. The monoisotopic (exact) mass is 459 g/mol. The van der Waals surface area contributed by atoms with Gasteiger partial charge in [0.2, 0.25) is 5.75 Å². The van der Waals surface area contributed by atoms with Crippen LogP contribution in [0.4, 0.5) is 16.2 Å². The quantitative estimate of drug-likeness (QED) is 0.310. The maximum Gasteiger partial charge on any atom is 0.318 e. The number of hydrogen-bond acceptors (Lipinski definition) is 9. The van der Waals surface area contributed by atoms with Gasteiger partial charge in [-0.2, -0.15) is 0 Å². The fraction of sp³-hybridized carbons (Fsp3) is 0.200. The Morgan fingerprint density at radius 3 is 2.47 bits per heavy atom. The summed E-state index contributed by atoms with van der Waals surface area (Å²) in [6.45, 7) is 2.14. The van der Waals surface area contributed by atoms with Crippen LogP contribution in [-0.2, 0) is 4.79 Å². The SMILES string of the molecule is CCCN1C(=O)S/C(=C/c2cccc(OC)c2Oc2ccc([N+](=O)[O-])cc2[N+](=O)[O-])C1=O. The van der Waals surface area contributed by atoms with Crippen LogP contribution < -0.4 is 9.47 Å². The molecule has 11 nitrogen and oxygen atoms in total. The Bertz CT molecular complexity index is 1150. The van der Waals surface area contributed by atoms with Gasteiger partial charge in [-0.25, -0.2) is 0 Å². The third-order valence-electron chi connectivity index (χ3n) is 4.40. The van der Waals surface area contributed by atoms with E-state index in [-0.39, 0.29) is 27.4 Å². The molecule has 1 aliphatic rings. The van der Waals surface area contributed by atoms with E-state index >= 15 is 0 Å². The molecule has 1 saturated heterocycles. The fourth-order valence-electron chi connectivity index (χ4n) is 2.93. The van der Waals surface area contributed by atoms with Crippen molar-refractivity contribution in [2.75, 3.05) is 13.7 Å². The van der Waals surface area contributed by atoms with Gasteiger partial charge in [-0.15, -0.1) is 0 Å². The molecule has 0 saturated carbocycles. The summed E-state index contributed by atoms with van der Waals surface area (Å²) < 4.78 is 11.0. The third-order valence-corrected chi connectivity index (χ3v) is 5.31. The predicted molar refractivity (Wildman–Crippen MR) is 116 cm³/mol. The van der Waals surface area contributed by atoms with Crippen molar-refractivity contribution in [1.29, 1.82) is 0 Å². The molecule has 1 aliphatic heterocycles. The molecule has 3 rings (SSSR count). The molecule has 0 radical (unpaired) electrons. The van der Waals surface area contributed by atoms with E-state index in [4.69, 9.17) is 9.47 Å². The van der Waals surface area contributed by atoms with E-state index in [1.807, 2.05) is 6.92 Å². The highest BCUT2D eigenvalue weighted by molar-refractivity contribution is 8.18. The first-order valence-electron chi connectivity index (χ1n) is 9.29. The molecule has 0 aromatic heterocycles. The summed E-state index contributed by atoms with van der Waals surface area (Å²) in [5.74, 6) is -0.441. The second-order valence-corrected chi connectivity index (χ2v) is 7.47. The van der Waals surface area contributed by atoms with Crippen LogP contribution in [0.2, 0.25) is 0 Å². The summed E-state index contributed by atoms with van der Waals surface area (Å²) in [4.78, 5) is 46.9. The van der Waals surface area contributed by atoms with Gasteiger partial charge in [0.05, 0.1) is 27.9 Å². The molecular weight excluding hydrogens is 442 g/mol. The van der Waals surface area contributed by atoms with Crippen LogP contribution in [0.5, 0.6) is 17.2 Å². The molecule has 0 spiro atoms. The van der Waals surface area contributed by atoms with Gasteiger partial charge in [0.25, 0.3) is 16.8 Å². The Balaban J connectivity index is 2.06. The van der Waals surface area contributed by atoms with E-state index in [0.717, 1.165) is 34.9 Å². The van der Waals surface area contributed by atoms with Crippen LogP contribution in [0.3, 0.4) is 0 Å². The molecule has 1 fully saturated rings. The number of para-hydroxylation sites is 1. The van der Waals surface area contributed by atoms with Crippen molar-refractivity contribution in [3.05, 3.63) is 67.1 Å². The van der Waals surface area contributed by atoms with Crippen molar-refractivity contribution in [2.24, 2.45) is 0 Å². The van der Waals surface area contributed by atoms with Gasteiger partial charge in [0.15, 0.2) is 11.5 Å². The first kappa shape index (κ1) is 22.7. The number of nitro groups is 2. The number of carbonyl (C=O) groups is 2. The van der Waals surface area contributed by atoms with E-state index in [2.05, 4.69) is 0 Å². The van der Waals surface area contributed by atoms with Gasteiger partial charge >= 0.3 is 5.69 Å². The Morgan fingerprint density at radius 2 is 1.84 bits per heavy atom. The third kappa shape index (κ3) is 4.54. The fourth-order valence-corrected chi connectivity index (χ4v) is 3.79. The predicted octanol–water partition coefficient (Wildman–Crippen LogP) is 4.75. The molecule has 2 amide bonds. The summed E-state index contributed by atoms with van der Waals surface area (Å²) in [5, 5.41) is 22.0. The first-order valence-corrected chi connectivity index (χ1v) is 10.1. The average molecular weight is 459 g/mol. The second kappa shape index (κ2) is 9.47. The molecule has 0 unspecified atom stereocenters. The van der Waals surface area contributed by atoms with Crippen molar-refractivity contribution in [1.82, 2.24) is 4.90 Å². The first-order chi connectivity index (χ1) is 15.3. The number of non-ortho nitro benzene ring substituents is 1. The number of ether oxygens (including phenoxy) is 2. The maximum absolute atomic E-state index is 12.6. The van der Waals surface area contributed by atoms with E-state index in [1.54, 1.807) is 18.2 Å². The molecular formula is C20H17N3O8S. The standard InChI is InChI=1S/C20H17N3O8S/c1-3-9-21-19(24)17(32-20(21)25)10-12-5-4-6-16(30-2)18(12)31-15-8-7-13(22(26)27)11-14(15)23(28)29/h4-8,10-11H,3,9H2,1-2H3/b17-10+. The number of nitro benzene ring substituents is 2. The summed E-state index contributed by atoms with van der Waals surface area (Å²) in [6, 6.07) is 7.74. The number of amides is 2. The van der Waals surface area contributed by atoms with E-state index in [1.165, 1.54) is 13.2 Å². The normalized spacial score (nSPS) is 14.7. The summed E-state index contributed by atoms with van der Waals surface area (Å²) in [6.07, 6.45) is 2.05. The number of carbonyl (C=O) groups excluding carboxylic acids is 2. The highest BCUT2D eigenvalue weighted by Crippen LogP contribution is 2.42. The molecule has 0 atom stereocenters. The number of thioether (sulfide) groups is 1. The number of hydrogen-bond donors (Lipinski definition) is 0. The minimum atomic E-state index is -0.798. The number of benzene rings is 2. The number of imide groups is 1. The minimum Gasteiger partial charge on any atom is -0.493 e. The highest BCUT2D eigenvalue weighted by Gasteiger charge is 2.34. The topological polar surface area (TPSA) is 142 Å². The Morgan fingerprint density at radius 1 is 1.09 bits per heavy atom. The molecule has 0 aliphatic carbocycles. The Hall–Kier alpha value is -3.93. The minimum absolute atomic E-state index is 0.0502. The van der Waals surface area contributed by atoms with Gasteiger partial charge in [-0.3, -0.25) is 34.7 Å². The van der Waals surface area contributed by atoms with Crippen molar-refractivity contribution in [2.45, 2.75) is 13.3 Å². The largest absolute Gasteiger partial charge is 0.493 e. The lowest BCUT2D eigenvalue weighted by atomic mass is 10.1. The van der Waals surface area contributed by atoms with Gasteiger partial charge in [0.1, 0.15) is 0 Å². The van der Waals surface area contributed by atoms with Crippen molar-refractivity contribution in [3.63, 3.8) is 0 Å². The summed E-state index contributed by atoms with van der Waals surface area (Å²) in [5.41, 5.74) is -0.743. The van der Waals surface area contributed by atoms with Crippen LogP contribution in [0.15, 0.2) is 41.3 Å². The molecule has 1 heterocycles. The smallest absolute Gasteiger partial charge is 0.318 e. The molecule has 2 aromatic carbocycles. The number of nitrogens with zero attached hydrogens (tertiary/aromatic N) is 3. The van der Waals surface area contributed by atoms with Crippen molar-refractivity contribution >= 4 is 40.4 Å². The van der Waals surface area contributed by atoms with Crippen LogP contribution >= 0.6 is 11.8 Å². The zero-order chi connectivity index (χ0) is 23.4. The average Bonchev–Trinajstić information content (AvgIpc) is 3.02. The molecule has 166 valence electrons. The van der Waals surface area contributed by atoms with Crippen LogP contribution in [-0.4, -0.2) is 39.5 Å². The highest BCUT2D eigenvalue weighted by atomic mass is 32.2. The Kier molecular flexibility index (Phi) is 6.73. The Labute approximate surface area is 185 Å². The van der Waals surface area contributed by atoms with Gasteiger partial charge in [0, 0.05) is 18.2 Å². The molecule has 32 heavy (non-hydrogen) atoms. The maximum atomic E-state index is 12.6.